The molecule has 208 valence electrons. The molecule has 2 saturated heterocycles. The minimum Gasteiger partial charge on any atom is -0.480 e. The van der Waals surface area contributed by atoms with Crippen LogP contribution >= 0.6 is 0 Å². The van der Waals surface area contributed by atoms with Crippen LogP contribution in [0.1, 0.15) is 24.0 Å². The number of rotatable bonds is 9. The lowest BCUT2D eigenvalue weighted by molar-refractivity contribution is -0.156. The van der Waals surface area contributed by atoms with Gasteiger partial charge in [0, 0.05) is 37.6 Å². The van der Waals surface area contributed by atoms with Crippen LogP contribution in [0.3, 0.4) is 0 Å². The Balaban J connectivity index is 1.38. The Morgan fingerprint density at radius 2 is 1.52 bits per heavy atom. The van der Waals surface area contributed by atoms with Gasteiger partial charge < -0.3 is 24.9 Å². The van der Waals surface area contributed by atoms with Crippen molar-refractivity contribution in [3.8, 4) is 0 Å². The maximum absolute atomic E-state index is 13.7. The number of aliphatic hydroxyl groups is 1. The number of hydrogen-bond donors (Lipinski definition) is 2. The minimum atomic E-state index is -1.24. The van der Waals surface area contributed by atoms with Gasteiger partial charge in [-0.05, 0) is 54.7 Å². The number of carboxylic acids is 1. The highest BCUT2D eigenvalue weighted by Crippen LogP contribution is 2.38. The molecule has 2 N–H and O–H groups in total. The highest BCUT2D eigenvalue weighted by atomic mass is 16.4. The third-order valence-corrected chi connectivity index (χ3v) is 7.91. The summed E-state index contributed by atoms with van der Waals surface area (Å²) in [6.45, 7) is 4.45. The molecular weight excluding hydrogens is 504 g/mol. The molecule has 4 atom stereocenters. The number of urea groups is 1. The van der Waals surface area contributed by atoms with Crippen molar-refractivity contribution in [3.63, 3.8) is 0 Å². The Labute approximate surface area is 235 Å². The van der Waals surface area contributed by atoms with E-state index in [0.717, 1.165) is 28.9 Å². The summed E-state index contributed by atoms with van der Waals surface area (Å²) in [4.78, 5) is 33.2. The standard InChI is InChI=1S/C32H36N4O4/c1-3-10-23-15-17-24(18-16-23)21-33(2)31(39)36-27-19-20-28(36)29(30(37)38)34(22-27)32(40)35(25-11-6-4-7-12-25)26-13-8-5-9-14-26/h3-9,11-18,27-29,32,40H,1,10,19-22H2,2H3,(H,37,38)/t27-,28+,29-,32?/m0/s1. The lowest BCUT2D eigenvalue weighted by Gasteiger charge is -2.49. The Bertz CT molecular complexity index is 1280. The molecule has 0 radical (unpaired) electrons. The molecule has 1 unspecified atom stereocenters. The number of likely N-dealkylation sites (tertiary alicyclic amines) is 1. The van der Waals surface area contributed by atoms with E-state index in [4.69, 9.17) is 0 Å². The highest BCUT2D eigenvalue weighted by molar-refractivity contribution is 5.80. The van der Waals surface area contributed by atoms with Crippen LogP contribution < -0.4 is 4.90 Å². The molecule has 2 aliphatic heterocycles. The lowest BCUT2D eigenvalue weighted by atomic mass is 10.0. The Kier molecular flexibility index (Phi) is 8.19. The first-order valence-electron chi connectivity index (χ1n) is 13.7. The molecule has 8 nitrogen and oxygen atoms in total. The van der Waals surface area contributed by atoms with Gasteiger partial charge >= 0.3 is 12.0 Å². The molecule has 0 spiro atoms. The van der Waals surface area contributed by atoms with Crippen LogP contribution in [0, 0.1) is 0 Å². The summed E-state index contributed by atoms with van der Waals surface area (Å²) in [7, 11) is 1.75. The fourth-order valence-corrected chi connectivity index (χ4v) is 6.05. The maximum atomic E-state index is 13.7. The van der Waals surface area contributed by atoms with Gasteiger partial charge in [0.15, 0.2) is 6.35 Å². The van der Waals surface area contributed by atoms with Crippen LogP contribution in [-0.2, 0) is 17.8 Å². The van der Waals surface area contributed by atoms with Crippen LogP contribution in [0.15, 0.2) is 97.6 Å². The molecule has 8 heteroatoms. The van der Waals surface area contributed by atoms with Gasteiger partial charge in [0.1, 0.15) is 6.04 Å². The van der Waals surface area contributed by atoms with Crippen LogP contribution in [0.5, 0.6) is 0 Å². The molecule has 2 amide bonds. The predicted molar refractivity (Wildman–Crippen MR) is 155 cm³/mol. The SMILES string of the molecule is C=CCc1ccc(CN(C)C(=O)N2[C@H]3CC[C@@H]2[C@@H](C(=O)O)N(C(O)N(c2ccccc2)c2ccccc2)C3)cc1. The highest BCUT2D eigenvalue weighted by Gasteiger charge is 2.54. The van der Waals surface area contributed by atoms with E-state index in [2.05, 4.69) is 6.58 Å². The zero-order valence-electron chi connectivity index (χ0n) is 22.7. The van der Waals surface area contributed by atoms with Crippen molar-refractivity contribution in [1.29, 1.82) is 0 Å². The van der Waals surface area contributed by atoms with E-state index in [0.29, 0.717) is 19.4 Å². The Morgan fingerprint density at radius 3 is 2.08 bits per heavy atom. The number of carboxylic acid groups (broad SMARTS) is 1. The first kappa shape index (κ1) is 27.4. The van der Waals surface area contributed by atoms with Crippen LogP contribution in [-0.4, -0.2) is 75.0 Å². The molecule has 3 aromatic rings. The molecule has 40 heavy (non-hydrogen) atoms. The number of hydrogen-bond acceptors (Lipinski definition) is 5. The van der Waals surface area contributed by atoms with Gasteiger partial charge in [-0.25, -0.2) is 9.69 Å². The van der Waals surface area contributed by atoms with Crippen molar-refractivity contribution < 1.29 is 19.8 Å². The zero-order chi connectivity index (χ0) is 28.2. The average Bonchev–Trinajstić information content (AvgIpc) is 3.26. The van der Waals surface area contributed by atoms with Crippen LogP contribution in [0.4, 0.5) is 16.2 Å². The summed E-state index contributed by atoms with van der Waals surface area (Å²) < 4.78 is 0. The van der Waals surface area contributed by atoms with E-state index >= 15 is 0 Å². The van der Waals surface area contributed by atoms with E-state index in [9.17, 15) is 19.8 Å². The van der Waals surface area contributed by atoms with Gasteiger partial charge in [-0.3, -0.25) is 4.79 Å². The van der Waals surface area contributed by atoms with Crippen molar-refractivity contribution >= 4 is 23.4 Å². The second-order valence-corrected chi connectivity index (χ2v) is 10.5. The largest absolute Gasteiger partial charge is 0.480 e. The third kappa shape index (κ3) is 5.46. The van der Waals surface area contributed by atoms with E-state index in [1.54, 1.807) is 26.6 Å². The molecule has 0 saturated carbocycles. The van der Waals surface area contributed by atoms with Crippen molar-refractivity contribution in [2.45, 2.75) is 50.3 Å². The number of piperazine rings is 1. The first-order chi connectivity index (χ1) is 19.4. The number of carbonyl (C=O) groups is 2. The van der Waals surface area contributed by atoms with Crippen LogP contribution in [0.25, 0.3) is 0 Å². The molecular formula is C32H36N4O4. The number of aliphatic hydroxyl groups excluding tert-OH is 1. The van der Waals surface area contributed by atoms with Crippen molar-refractivity contribution in [2.75, 3.05) is 18.5 Å². The summed E-state index contributed by atoms with van der Waals surface area (Å²) in [5, 5.41) is 22.2. The van der Waals surface area contributed by atoms with Gasteiger partial charge in [0.05, 0.1) is 6.04 Å². The van der Waals surface area contributed by atoms with Gasteiger partial charge in [-0.2, -0.15) is 0 Å². The molecule has 2 fully saturated rings. The number of aliphatic carboxylic acids is 1. The summed E-state index contributed by atoms with van der Waals surface area (Å²) in [6.07, 6.45) is 2.66. The zero-order valence-corrected chi connectivity index (χ0v) is 22.7. The molecule has 0 aromatic heterocycles. The summed E-state index contributed by atoms with van der Waals surface area (Å²) in [6, 6.07) is 25.0. The molecule has 2 bridgehead atoms. The number of amides is 2. The minimum absolute atomic E-state index is 0.189. The summed E-state index contributed by atoms with van der Waals surface area (Å²) in [5.74, 6) is -1.05. The normalized spacial score (nSPS) is 21.1. The van der Waals surface area contributed by atoms with Gasteiger partial charge in [-0.15, -0.1) is 6.58 Å². The van der Waals surface area contributed by atoms with E-state index in [-0.39, 0.29) is 18.6 Å². The first-order valence-corrected chi connectivity index (χ1v) is 13.7. The second kappa shape index (κ2) is 11.9. The molecule has 0 aliphatic carbocycles. The fourth-order valence-electron chi connectivity index (χ4n) is 6.05. The van der Waals surface area contributed by atoms with Gasteiger partial charge in [0.25, 0.3) is 0 Å². The van der Waals surface area contributed by atoms with Gasteiger partial charge in [0.2, 0.25) is 0 Å². The predicted octanol–water partition coefficient (Wildman–Crippen LogP) is 4.68. The van der Waals surface area contributed by atoms with Crippen molar-refractivity contribution in [1.82, 2.24) is 14.7 Å². The molecule has 5 rings (SSSR count). The number of anilines is 2. The van der Waals surface area contributed by atoms with Crippen molar-refractivity contribution in [2.24, 2.45) is 0 Å². The maximum Gasteiger partial charge on any atom is 0.323 e. The fraction of sp³-hybridized carbons (Fsp3) is 0.312. The van der Waals surface area contributed by atoms with Gasteiger partial charge in [-0.1, -0.05) is 66.7 Å². The Morgan fingerprint density at radius 1 is 0.950 bits per heavy atom. The van der Waals surface area contributed by atoms with E-state index in [1.165, 1.54) is 0 Å². The smallest absolute Gasteiger partial charge is 0.323 e. The third-order valence-electron chi connectivity index (χ3n) is 7.91. The molecule has 2 aliphatic rings. The quantitative estimate of drug-likeness (QED) is 0.303. The van der Waals surface area contributed by atoms with Crippen molar-refractivity contribution in [3.05, 3.63) is 109 Å². The topological polar surface area (TPSA) is 87.6 Å². The number of allylic oxidation sites excluding steroid dienone is 1. The molecule has 3 aromatic carbocycles. The number of benzene rings is 3. The van der Waals surface area contributed by atoms with E-state index < -0.39 is 24.4 Å². The number of nitrogens with zero attached hydrogens (tertiary/aromatic N) is 4. The number of carbonyl (C=O) groups excluding carboxylic acids is 1. The monoisotopic (exact) mass is 540 g/mol. The van der Waals surface area contributed by atoms with Crippen LogP contribution in [0.2, 0.25) is 0 Å². The van der Waals surface area contributed by atoms with E-state index in [1.807, 2.05) is 91.0 Å². The average molecular weight is 541 g/mol. The molecule has 2 heterocycles. The summed E-state index contributed by atoms with van der Waals surface area (Å²) in [5.41, 5.74) is 3.65. The Hall–Kier alpha value is -4.14. The lowest BCUT2D eigenvalue weighted by Crippen LogP contribution is -2.68. The second-order valence-electron chi connectivity index (χ2n) is 10.5. The number of para-hydroxylation sites is 2. The summed E-state index contributed by atoms with van der Waals surface area (Å²) >= 11 is 0. The number of fused-ring (bicyclic) bond motifs is 2.